The van der Waals surface area contributed by atoms with Gasteiger partial charge in [-0.15, -0.1) is 0 Å². The smallest absolute Gasteiger partial charge is 0.224 e. The van der Waals surface area contributed by atoms with Crippen LogP contribution in [0.15, 0.2) is 54.6 Å². The normalized spacial score (nSPS) is 16.8. The lowest BCUT2D eigenvalue weighted by molar-refractivity contribution is -0.116. The van der Waals surface area contributed by atoms with E-state index < -0.39 is 5.82 Å². The van der Waals surface area contributed by atoms with E-state index in [1.54, 1.807) is 18.2 Å². The first kappa shape index (κ1) is 22.2. The topological polar surface area (TPSA) is 50.2 Å². The molecule has 2 heterocycles. The maximum atomic E-state index is 13.7. The fraction of sp³-hybridized carbons (Fsp3) is 0.385. The number of carbonyl (C=O) groups excluding carboxylic acids is 1. The van der Waals surface area contributed by atoms with Crippen LogP contribution in [0.4, 0.5) is 10.1 Å². The van der Waals surface area contributed by atoms with Gasteiger partial charge in [0.2, 0.25) is 5.91 Å². The monoisotopic (exact) mass is 434 g/mol. The number of likely N-dealkylation sites (tertiary alicyclic amines) is 1. The summed E-state index contributed by atoms with van der Waals surface area (Å²) in [6.07, 6.45) is 3.51. The fourth-order valence-electron chi connectivity index (χ4n) is 4.58. The molecule has 0 bridgehead atoms. The zero-order valence-electron chi connectivity index (χ0n) is 18.9. The van der Waals surface area contributed by atoms with Gasteiger partial charge in [0.1, 0.15) is 5.82 Å². The molecule has 0 spiro atoms. The predicted octanol–water partition coefficient (Wildman–Crippen LogP) is 5.26. The number of para-hydroxylation sites is 1. The number of nitrogens with zero attached hydrogens (tertiary/aromatic N) is 3. The van der Waals surface area contributed by atoms with Gasteiger partial charge in [-0.3, -0.25) is 9.69 Å². The average molecular weight is 435 g/mol. The Labute approximate surface area is 189 Å². The summed E-state index contributed by atoms with van der Waals surface area (Å²) in [5.74, 6) is -0.0356. The highest BCUT2D eigenvalue weighted by molar-refractivity contribution is 5.90. The van der Waals surface area contributed by atoms with E-state index >= 15 is 0 Å². The van der Waals surface area contributed by atoms with Crippen LogP contribution in [0.5, 0.6) is 0 Å². The van der Waals surface area contributed by atoms with Crippen LogP contribution in [0, 0.1) is 25.6 Å². The third-order valence-corrected chi connectivity index (χ3v) is 6.10. The number of benzene rings is 2. The molecule has 0 unspecified atom stereocenters. The van der Waals surface area contributed by atoms with Crippen molar-refractivity contribution in [1.29, 1.82) is 0 Å². The first-order valence-corrected chi connectivity index (χ1v) is 11.4. The van der Waals surface area contributed by atoms with E-state index in [4.69, 9.17) is 0 Å². The third kappa shape index (κ3) is 5.62. The molecule has 1 aromatic heterocycles. The Morgan fingerprint density at radius 3 is 2.78 bits per heavy atom. The second-order valence-electron chi connectivity index (χ2n) is 8.82. The number of nitrogens with one attached hydrogen (secondary N) is 1. The van der Waals surface area contributed by atoms with Gasteiger partial charge >= 0.3 is 0 Å². The highest BCUT2D eigenvalue weighted by Gasteiger charge is 2.21. The summed E-state index contributed by atoms with van der Waals surface area (Å²) < 4.78 is 15.7. The van der Waals surface area contributed by atoms with Crippen molar-refractivity contribution in [1.82, 2.24) is 14.7 Å². The molecule has 1 N–H and O–H groups in total. The molecule has 6 heteroatoms. The molecule has 5 nitrogen and oxygen atoms in total. The van der Waals surface area contributed by atoms with Crippen molar-refractivity contribution >= 4 is 11.6 Å². The predicted molar refractivity (Wildman–Crippen MR) is 125 cm³/mol. The molecule has 0 saturated carbocycles. The number of amides is 1. The molecule has 1 aliphatic heterocycles. The zero-order valence-corrected chi connectivity index (χ0v) is 18.9. The quantitative estimate of drug-likeness (QED) is 0.552. The Morgan fingerprint density at radius 2 is 2.00 bits per heavy atom. The Kier molecular flexibility index (Phi) is 7.00. The number of piperidine rings is 1. The summed E-state index contributed by atoms with van der Waals surface area (Å²) in [5, 5.41) is 7.29. The molecule has 2 aromatic carbocycles. The third-order valence-electron chi connectivity index (χ3n) is 6.10. The van der Waals surface area contributed by atoms with Gasteiger partial charge in [0.25, 0.3) is 0 Å². The number of aromatic nitrogens is 2. The van der Waals surface area contributed by atoms with E-state index in [9.17, 15) is 9.18 Å². The van der Waals surface area contributed by atoms with Gasteiger partial charge in [-0.2, -0.15) is 5.10 Å². The minimum absolute atomic E-state index is 0.121. The lowest BCUT2D eigenvalue weighted by Gasteiger charge is -2.32. The van der Waals surface area contributed by atoms with E-state index in [0.717, 1.165) is 56.0 Å². The fourth-order valence-corrected chi connectivity index (χ4v) is 4.58. The molecule has 3 aromatic rings. The zero-order chi connectivity index (χ0) is 22.5. The molecule has 1 aliphatic rings. The number of anilines is 1. The number of hydrogen-bond acceptors (Lipinski definition) is 3. The van der Waals surface area contributed by atoms with Crippen molar-refractivity contribution < 1.29 is 9.18 Å². The van der Waals surface area contributed by atoms with Crippen molar-refractivity contribution in [3.63, 3.8) is 0 Å². The van der Waals surface area contributed by atoms with Gasteiger partial charge in [0, 0.05) is 25.2 Å². The summed E-state index contributed by atoms with van der Waals surface area (Å²) in [5.41, 5.74) is 4.77. The van der Waals surface area contributed by atoms with Crippen LogP contribution in [0.25, 0.3) is 5.69 Å². The largest absolute Gasteiger partial charge is 0.324 e. The number of halogens is 1. The molecular formula is C26H31FN4O. The van der Waals surface area contributed by atoms with Crippen molar-refractivity contribution in [3.8, 4) is 5.69 Å². The van der Waals surface area contributed by atoms with Crippen LogP contribution in [0.1, 0.15) is 42.6 Å². The van der Waals surface area contributed by atoms with Gasteiger partial charge in [0.15, 0.2) is 0 Å². The lowest BCUT2D eigenvalue weighted by Crippen LogP contribution is -2.35. The second kappa shape index (κ2) is 10.1. The summed E-state index contributed by atoms with van der Waals surface area (Å²) in [6, 6.07) is 17.0. The summed E-state index contributed by atoms with van der Waals surface area (Å²) in [4.78, 5) is 14.8. The summed E-state index contributed by atoms with van der Waals surface area (Å²) in [7, 11) is 0. The Bertz CT molecular complexity index is 1080. The SMILES string of the molecule is Cc1cc(C)n(-c2cccc(CN3CCC[C@@H](CCC(=O)Nc4ccccc4F)C3)c2)n1. The second-order valence-corrected chi connectivity index (χ2v) is 8.82. The van der Waals surface area contributed by atoms with Crippen LogP contribution >= 0.6 is 0 Å². The Morgan fingerprint density at radius 1 is 1.16 bits per heavy atom. The summed E-state index contributed by atoms with van der Waals surface area (Å²) in [6.45, 7) is 7.03. The van der Waals surface area contributed by atoms with Gasteiger partial charge in [-0.25, -0.2) is 9.07 Å². The number of aryl methyl sites for hydroxylation is 2. The van der Waals surface area contributed by atoms with Gasteiger partial charge < -0.3 is 5.32 Å². The summed E-state index contributed by atoms with van der Waals surface area (Å²) >= 11 is 0. The Balaban J connectivity index is 1.31. The lowest BCUT2D eigenvalue weighted by atomic mass is 9.93. The van der Waals surface area contributed by atoms with Crippen LogP contribution in [0.3, 0.4) is 0 Å². The molecule has 168 valence electrons. The van der Waals surface area contributed by atoms with E-state index in [1.807, 2.05) is 11.6 Å². The first-order valence-electron chi connectivity index (χ1n) is 11.4. The number of hydrogen-bond donors (Lipinski definition) is 1. The Hall–Kier alpha value is -2.99. The highest BCUT2D eigenvalue weighted by Crippen LogP contribution is 2.24. The van der Waals surface area contributed by atoms with Gasteiger partial charge in [-0.05, 0) is 81.5 Å². The van der Waals surface area contributed by atoms with E-state index in [0.29, 0.717) is 12.3 Å². The molecule has 0 aliphatic carbocycles. The van der Waals surface area contributed by atoms with Crippen LogP contribution < -0.4 is 5.32 Å². The van der Waals surface area contributed by atoms with E-state index in [1.165, 1.54) is 11.6 Å². The van der Waals surface area contributed by atoms with Crippen molar-refractivity contribution in [2.45, 2.75) is 46.1 Å². The molecule has 1 fully saturated rings. The molecular weight excluding hydrogens is 403 g/mol. The maximum Gasteiger partial charge on any atom is 0.224 e. The van der Waals surface area contributed by atoms with Gasteiger partial charge in [-0.1, -0.05) is 24.3 Å². The van der Waals surface area contributed by atoms with Crippen molar-refractivity contribution in [2.75, 3.05) is 18.4 Å². The van der Waals surface area contributed by atoms with Crippen LogP contribution in [-0.4, -0.2) is 33.7 Å². The van der Waals surface area contributed by atoms with Crippen LogP contribution in [0.2, 0.25) is 0 Å². The van der Waals surface area contributed by atoms with E-state index in [-0.39, 0.29) is 11.6 Å². The molecule has 1 saturated heterocycles. The number of carbonyl (C=O) groups is 1. The highest BCUT2D eigenvalue weighted by atomic mass is 19.1. The maximum absolute atomic E-state index is 13.7. The van der Waals surface area contributed by atoms with Gasteiger partial charge in [0.05, 0.1) is 17.1 Å². The van der Waals surface area contributed by atoms with Crippen LogP contribution in [-0.2, 0) is 11.3 Å². The molecule has 1 amide bonds. The van der Waals surface area contributed by atoms with E-state index in [2.05, 4.69) is 52.6 Å². The average Bonchev–Trinajstić information content (AvgIpc) is 3.12. The minimum Gasteiger partial charge on any atom is -0.324 e. The van der Waals surface area contributed by atoms with Crippen molar-refractivity contribution in [2.24, 2.45) is 5.92 Å². The molecule has 0 radical (unpaired) electrons. The standard InChI is InChI=1S/C26H31FN4O/c1-19-15-20(2)31(29-19)23-9-5-7-22(16-23)18-30-14-6-8-21(17-30)12-13-26(32)28-25-11-4-3-10-24(25)27/h3-5,7,9-11,15-16,21H,6,8,12-14,17-18H2,1-2H3,(H,28,32)/t21-/m0/s1. The molecule has 4 rings (SSSR count). The van der Waals surface area contributed by atoms with Crippen molar-refractivity contribution in [3.05, 3.63) is 77.4 Å². The molecule has 1 atom stereocenters. The first-order chi connectivity index (χ1) is 15.5. The number of rotatable bonds is 7. The minimum atomic E-state index is -0.396. The molecule has 32 heavy (non-hydrogen) atoms.